The van der Waals surface area contributed by atoms with Gasteiger partial charge in [0.25, 0.3) is 0 Å². The first-order valence-corrected chi connectivity index (χ1v) is 9.15. The zero-order chi connectivity index (χ0) is 16.1. The van der Waals surface area contributed by atoms with Crippen LogP contribution in [0.25, 0.3) is 0 Å². The lowest BCUT2D eigenvalue weighted by Gasteiger charge is -2.16. The smallest absolute Gasteiger partial charge is 0.221 e. The van der Waals surface area contributed by atoms with Gasteiger partial charge in [0.05, 0.1) is 12.2 Å². The number of carbonyl (C=O) groups is 1. The SMILES string of the molecule is Cc1csc(C(Cc2ccsc2)NC(=O)CCc2ccno2)n1. The van der Waals surface area contributed by atoms with E-state index in [0.29, 0.717) is 12.8 Å². The zero-order valence-corrected chi connectivity index (χ0v) is 14.3. The van der Waals surface area contributed by atoms with E-state index in [1.54, 1.807) is 34.9 Å². The van der Waals surface area contributed by atoms with Crippen molar-refractivity contribution >= 4 is 28.6 Å². The van der Waals surface area contributed by atoms with E-state index in [9.17, 15) is 4.79 Å². The van der Waals surface area contributed by atoms with Gasteiger partial charge in [-0.2, -0.15) is 11.3 Å². The van der Waals surface area contributed by atoms with Gasteiger partial charge in [-0.1, -0.05) is 5.16 Å². The van der Waals surface area contributed by atoms with Gasteiger partial charge in [-0.25, -0.2) is 4.98 Å². The molecule has 0 aromatic carbocycles. The molecule has 3 heterocycles. The summed E-state index contributed by atoms with van der Waals surface area (Å²) in [5.74, 6) is 0.717. The Balaban J connectivity index is 1.64. The second-order valence-corrected chi connectivity index (χ2v) is 6.93. The summed E-state index contributed by atoms with van der Waals surface area (Å²) in [6, 6.07) is 3.77. The van der Waals surface area contributed by atoms with Crippen molar-refractivity contribution < 1.29 is 9.32 Å². The lowest BCUT2D eigenvalue weighted by Crippen LogP contribution is -2.30. The first-order valence-electron chi connectivity index (χ1n) is 7.33. The molecule has 0 aliphatic rings. The highest BCUT2D eigenvalue weighted by molar-refractivity contribution is 7.09. The number of aryl methyl sites for hydroxylation is 2. The van der Waals surface area contributed by atoms with Crippen LogP contribution in [0.5, 0.6) is 0 Å². The fourth-order valence-corrected chi connectivity index (χ4v) is 3.78. The molecule has 1 N–H and O–H groups in total. The van der Waals surface area contributed by atoms with Crippen LogP contribution in [0, 0.1) is 6.92 Å². The lowest BCUT2D eigenvalue weighted by molar-refractivity contribution is -0.121. The summed E-state index contributed by atoms with van der Waals surface area (Å²) in [5.41, 5.74) is 2.19. The Morgan fingerprint density at radius 3 is 2.96 bits per heavy atom. The van der Waals surface area contributed by atoms with Crippen LogP contribution < -0.4 is 5.32 Å². The molecule has 120 valence electrons. The van der Waals surface area contributed by atoms with Crippen LogP contribution in [0.2, 0.25) is 0 Å². The van der Waals surface area contributed by atoms with Crippen molar-refractivity contribution in [2.75, 3.05) is 0 Å². The van der Waals surface area contributed by atoms with Crippen LogP contribution in [-0.2, 0) is 17.6 Å². The summed E-state index contributed by atoms with van der Waals surface area (Å²) in [6.45, 7) is 1.97. The van der Waals surface area contributed by atoms with Gasteiger partial charge in [0.15, 0.2) is 0 Å². The van der Waals surface area contributed by atoms with E-state index in [1.807, 2.05) is 17.7 Å². The summed E-state index contributed by atoms with van der Waals surface area (Å²) >= 11 is 3.25. The van der Waals surface area contributed by atoms with Crippen LogP contribution >= 0.6 is 22.7 Å². The van der Waals surface area contributed by atoms with Gasteiger partial charge in [-0.05, 0) is 29.3 Å². The third-order valence-corrected chi connectivity index (χ3v) is 5.19. The second kappa shape index (κ2) is 7.52. The number of aromatic nitrogens is 2. The van der Waals surface area contributed by atoms with E-state index in [0.717, 1.165) is 22.9 Å². The van der Waals surface area contributed by atoms with Gasteiger partial charge in [0.2, 0.25) is 5.91 Å². The highest BCUT2D eigenvalue weighted by atomic mass is 32.1. The molecule has 5 nitrogen and oxygen atoms in total. The van der Waals surface area contributed by atoms with E-state index in [4.69, 9.17) is 4.52 Å². The molecule has 1 unspecified atom stereocenters. The minimum absolute atomic E-state index is 0.00511. The number of thiophene rings is 1. The Kier molecular flexibility index (Phi) is 5.19. The predicted octanol–water partition coefficient (Wildman–Crippen LogP) is 3.53. The summed E-state index contributed by atoms with van der Waals surface area (Å²) < 4.78 is 5.02. The van der Waals surface area contributed by atoms with Crippen molar-refractivity contribution in [3.63, 3.8) is 0 Å². The van der Waals surface area contributed by atoms with Crippen LogP contribution in [0.3, 0.4) is 0 Å². The molecule has 1 atom stereocenters. The molecule has 0 saturated carbocycles. The summed E-state index contributed by atoms with van der Waals surface area (Å²) in [7, 11) is 0. The van der Waals surface area contributed by atoms with Gasteiger partial charge in [0, 0.05) is 36.4 Å². The van der Waals surface area contributed by atoms with Crippen molar-refractivity contribution in [1.82, 2.24) is 15.5 Å². The molecular weight excluding hydrogens is 330 g/mol. The van der Waals surface area contributed by atoms with Gasteiger partial charge < -0.3 is 9.84 Å². The predicted molar refractivity (Wildman–Crippen MR) is 90.6 cm³/mol. The van der Waals surface area contributed by atoms with Crippen molar-refractivity contribution in [2.45, 2.75) is 32.2 Å². The van der Waals surface area contributed by atoms with Crippen molar-refractivity contribution in [3.05, 3.63) is 56.5 Å². The quantitative estimate of drug-likeness (QED) is 0.710. The Morgan fingerprint density at radius 2 is 2.30 bits per heavy atom. The van der Waals surface area contributed by atoms with Gasteiger partial charge in [-0.3, -0.25) is 4.79 Å². The van der Waals surface area contributed by atoms with Gasteiger partial charge in [0.1, 0.15) is 10.8 Å². The highest BCUT2D eigenvalue weighted by Gasteiger charge is 2.19. The van der Waals surface area contributed by atoms with E-state index >= 15 is 0 Å². The topological polar surface area (TPSA) is 68.0 Å². The van der Waals surface area contributed by atoms with Gasteiger partial charge >= 0.3 is 0 Å². The molecule has 0 aliphatic carbocycles. The maximum absolute atomic E-state index is 12.3. The Hall–Kier alpha value is -1.99. The number of nitrogens with one attached hydrogen (secondary N) is 1. The largest absolute Gasteiger partial charge is 0.361 e. The Bertz CT molecular complexity index is 735. The molecule has 3 aromatic rings. The second-order valence-electron chi connectivity index (χ2n) is 5.26. The fourth-order valence-electron chi connectivity index (χ4n) is 2.25. The zero-order valence-electron chi connectivity index (χ0n) is 12.7. The number of thiazole rings is 1. The standard InChI is InChI=1S/C16H17N3O2S2/c1-11-9-23-16(18-11)14(8-12-5-7-22-10-12)19-15(20)3-2-13-4-6-17-21-13/h4-7,9-10,14H,2-3,8H2,1H3,(H,19,20). The van der Waals surface area contributed by atoms with Crippen LogP contribution in [0.4, 0.5) is 0 Å². The summed E-state index contributed by atoms with van der Waals surface area (Å²) in [5, 5.41) is 13.9. The fraction of sp³-hybridized carbons (Fsp3) is 0.312. The Morgan fingerprint density at radius 1 is 1.39 bits per heavy atom. The third kappa shape index (κ3) is 4.49. The number of amides is 1. The normalized spacial score (nSPS) is 12.2. The van der Waals surface area contributed by atoms with Crippen LogP contribution in [0.1, 0.15) is 34.5 Å². The van der Waals surface area contributed by atoms with Crippen molar-refractivity contribution in [2.24, 2.45) is 0 Å². The monoisotopic (exact) mass is 347 g/mol. The highest BCUT2D eigenvalue weighted by Crippen LogP contribution is 2.23. The first-order chi connectivity index (χ1) is 11.2. The van der Waals surface area contributed by atoms with Crippen molar-refractivity contribution in [1.29, 1.82) is 0 Å². The number of carbonyl (C=O) groups excluding carboxylic acids is 1. The third-order valence-electron chi connectivity index (χ3n) is 3.38. The minimum Gasteiger partial charge on any atom is -0.361 e. The Labute approximate surface area is 142 Å². The average molecular weight is 347 g/mol. The molecule has 0 radical (unpaired) electrons. The molecule has 0 saturated heterocycles. The summed E-state index contributed by atoms with van der Waals surface area (Å²) in [6.07, 6.45) is 3.27. The lowest BCUT2D eigenvalue weighted by atomic mass is 10.1. The van der Waals surface area contributed by atoms with Gasteiger partial charge in [-0.15, -0.1) is 11.3 Å². The molecule has 3 aromatic heterocycles. The van der Waals surface area contributed by atoms with Crippen molar-refractivity contribution in [3.8, 4) is 0 Å². The van der Waals surface area contributed by atoms with E-state index in [-0.39, 0.29) is 11.9 Å². The first kappa shape index (κ1) is 15.9. The molecule has 0 aliphatic heterocycles. The molecule has 23 heavy (non-hydrogen) atoms. The number of hydrogen-bond donors (Lipinski definition) is 1. The molecular formula is C16H17N3O2S2. The van der Waals surface area contributed by atoms with E-state index in [2.05, 4.69) is 26.9 Å². The average Bonchev–Trinajstić information content (AvgIpc) is 3.27. The number of hydrogen-bond acceptors (Lipinski definition) is 6. The van der Waals surface area contributed by atoms with E-state index in [1.165, 1.54) is 5.56 Å². The van der Waals surface area contributed by atoms with Crippen LogP contribution in [-0.4, -0.2) is 16.0 Å². The molecule has 1 amide bonds. The van der Waals surface area contributed by atoms with E-state index < -0.39 is 0 Å². The molecule has 7 heteroatoms. The minimum atomic E-state index is -0.0921. The molecule has 0 fully saturated rings. The molecule has 3 rings (SSSR count). The molecule has 0 bridgehead atoms. The van der Waals surface area contributed by atoms with Crippen LogP contribution in [0.15, 0.2) is 39.0 Å². The molecule has 0 spiro atoms. The number of rotatable bonds is 7. The number of nitrogens with zero attached hydrogens (tertiary/aromatic N) is 2. The maximum atomic E-state index is 12.3. The maximum Gasteiger partial charge on any atom is 0.221 e. The summed E-state index contributed by atoms with van der Waals surface area (Å²) in [4.78, 5) is 16.8.